The second-order valence-electron chi connectivity index (χ2n) is 6.22. The van der Waals surface area contributed by atoms with E-state index in [0.29, 0.717) is 16.1 Å². The van der Waals surface area contributed by atoms with E-state index < -0.39 is 0 Å². The number of hydrogen-bond acceptors (Lipinski definition) is 8. The molecule has 5 aromatic rings. The molecule has 0 atom stereocenters. The molecule has 30 heavy (non-hydrogen) atoms. The number of nitrogens with zero attached hydrogens (tertiary/aromatic N) is 4. The van der Waals surface area contributed by atoms with E-state index >= 15 is 0 Å². The molecule has 0 bridgehead atoms. The molecule has 0 aliphatic heterocycles. The Morgan fingerprint density at radius 2 is 1.73 bits per heavy atom. The lowest BCUT2D eigenvalue weighted by Gasteiger charge is -2.03. The number of hydrogen-bond donors (Lipinski definition) is 0. The van der Waals surface area contributed by atoms with Gasteiger partial charge in [-0.1, -0.05) is 12.1 Å². The summed E-state index contributed by atoms with van der Waals surface area (Å²) in [6, 6.07) is 13.7. The maximum atomic E-state index is 13.3. The van der Waals surface area contributed by atoms with Gasteiger partial charge in [-0.05, 0) is 53.7 Å². The normalized spacial score (nSPS) is 11.1. The molecule has 3 heterocycles. The molecular formula is C21H13FN4O2S2. The van der Waals surface area contributed by atoms with Gasteiger partial charge in [0.15, 0.2) is 0 Å². The Bertz CT molecular complexity index is 1320. The minimum atomic E-state index is -0.277. The zero-order chi connectivity index (χ0) is 20.5. The van der Waals surface area contributed by atoms with Crippen LogP contribution in [0.3, 0.4) is 0 Å². The largest absolute Gasteiger partial charge is 0.497 e. The Morgan fingerprint density at radius 1 is 0.967 bits per heavy atom. The van der Waals surface area contributed by atoms with Crippen LogP contribution in [-0.4, -0.2) is 27.3 Å². The van der Waals surface area contributed by atoms with Crippen molar-refractivity contribution in [3.63, 3.8) is 0 Å². The summed E-state index contributed by atoms with van der Waals surface area (Å²) in [5.41, 5.74) is 2.63. The van der Waals surface area contributed by atoms with Crippen LogP contribution in [0.4, 0.5) is 4.39 Å². The first-order valence-corrected chi connectivity index (χ1v) is 10.5. The molecule has 148 valence electrons. The molecule has 0 saturated carbocycles. The fraction of sp³-hybridized carbons (Fsp3) is 0.0476. The molecule has 0 saturated heterocycles. The second kappa shape index (κ2) is 7.85. The molecule has 0 aliphatic rings. The highest BCUT2D eigenvalue weighted by Gasteiger charge is 2.17. The smallest absolute Gasteiger partial charge is 0.283 e. The lowest BCUT2D eigenvalue weighted by atomic mass is 10.1. The minimum absolute atomic E-state index is 0.277. The summed E-state index contributed by atoms with van der Waals surface area (Å²) in [7, 11) is 1.61. The van der Waals surface area contributed by atoms with Crippen molar-refractivity contribution in [2.45, 2.75) is 10.2 Å². The van der Waals surface area contributed by atoms with Gasteiger partial charge in [-0.3, -0.25) is 0 Å². The van der Waals surface area contributed by atoms with E-state index in [1.54, 1.807) is 19.2 Å². The monoisotopic (exact) mass is 436 g/mol. The first-order chi connectivity index (χ1) is 14.7. The summed E-state index contributed by atoms with van der Waals surface area (Å²) in [5, 5.41) is 12.2. The van der Waals surface area contributed by atoms with Crippen molar-refractivity contribution in [2.24, 2.45) is 0 Å². The van der Waals surface area contributed by atoms with Crippen LogP contribution in [0.5, 0.6) is 5.75 Å². The van der Waals surface area contributed by atoms with Crippen LogP contribution in [0.25, 0.3) is 32.8 Å². The Hall–Kier alpha value is -3.30. The van der Waals surface area contributed by atoms with Gasteiger partial charge in [0.1, 0.15) is 27.8 Å². The summed E-state index contributed by atoms with van der Waals surface area (Å²) in [6.45, 7) is 0. The van der Waals surface area contributed by atoms with Crippen molar-refractivity contribution >= 4 is 33.3 Å². The van der Waals surface area contributed by atoms with Gasteiger partial charge < -0.3 is 9.15 Å². The molecule has 6 nitrogen and oxygen atoms in total. The predicted molar refractivity (Wildman–Crippen MR) is 113 cm³/mol. The van der Waals surface area contributed by atoms with E-state index in [9.17, 15) is 4.39 Å². The number of rotatable bonds is 5. The van der Waals surface area contributed by atoms with E-state index in [0.717, 1.165) is 32.7 Å². The fourth-order valence-corrected chi connectivity index (χ4v) is 4.71. The topological polar surface area (TPSA) is 73.9 Å². The molecule has 0 amide bonds. The van der Waals surface area contributed by atoms with Crippen LogP contribution in [0, 0.1) is 5.82 Å². The van der Waals surface area contributed by atoms with Gasteiger partial charge in [0.2, 0.25) is 5.89 Å². The van der Waals surface area contributed by atoms with Crippen molar-refractivity contribution in [2.75, 3.05) is 7.11 Å². The Balaban J connectivity index is 1.49. The quantitative estimate of drug-likeness (QED) is 0.327. The first-order valence-electron chi connectivity index (χ1n) is 8.85. The van der Waals surface area contributed by atoms with E-state index in [-0.39, 0.29) is 5.82 Å². The molecule has 0 unspecified atom stereocenters. The molecule has 0 N–H and O–H groups in total. The molecule has 9 heteroatoms. The second-order valence-corrected chi connectivity index (χ2v) is 8.02. The minimum Gasteiger partial charge on any atom is -0.497 e. The van der Waals surface area contributed by atoms with E-state index in [4.69, 9.17) is 9.15 Å². The zero-order valence-corrected chi connectivity index (χ0v) is 17.2. The summed E-state index contributed by atoms with van der Waals surface area (Å²) >= 11 is 2.78. The standard InChI is InChI=1S/C21H13FN4O2S2/c1-27-15-8-4-13(5-9-15)18-25-26-21(28-18)30-20-17-16(10-29-19(17)23-11-24-20)12-2-6-14(22)7-3-12/h2-11H,1H3. The molecule has 0 aliphatic carbocycles. The van der Waals surface area contributed by atoms with Gasteiger partial charge in [0, 0.05) is 16.5 Å². The molecule has 0 spiro atoms. The van der Waals surface area contributed by atoms with Gasteiger partial charge in [-0.2, -0.15) is 0 Å². The van der Waals surface area contributed by atoms with Crippen molar-refractivity contribution in [1.29, 1.82) is 0 Å². The lowest BCUT2D eigenvalue weighted by molar-refractivity contribution is 0.414. The van der Waals surface area contributed by atoms with Crippen molar-refractivity contribution in [3.05, 3.63) is 66.1 Å². The number of benzene rings is 2. The highest BCUT2D eigenvalue weighted by atomic mass is 32.2. The third-order valence-electron chi connectivity index (χ3n) is 4.42. The van der Waals surface area contributed by atoms with E-state index in [1.807, 2.05) is 29.6 Å². The highest BCUT2D eigenvalue weighted by Crippen LogP contribution is 2.40. The van der Waals surface area contributed by atoms with Crippen LogP contribution >= 0.6 is 23.1 Å². The van der Waals surface area contributed by atoms with E-state index in [1.165, 1.54) is 41.6 Å². The zero-order valence-electron chi connectivity index (χ0n) is 15.6. The number of methoxy groups -OCH3 is 1. The third-order valence-corrected chi connectivity index (χ3v) is 6.15. The predicted octanol–water partition coefficient (Wildman–Crippen LogP) is 5.71. The van der Waals surface area contributed by atoms with Crippen molar-refractivity contribution in [1.82, 2.24) is 20.2 Å². The average Bonchev–Trinajstić information content (AvgIpc) is 3.42. The van der Waals surface area contributed by atoms with Crippen LogP contribution < -0.4 is 4.74 Å². The van der Waals surface area contributed by atoms with Crippen LogP contribution in [-0.2, 0) is 0 Å². The van der Waals surface area contributed by atoms with Crippen LogP contribution in [0.2, 0.25) is 0 Å². The average molecular weight is 436 g/mol. The Labute approximate surface area is 178 Å². The summed E-state index contributed by atoms with van der Waals surface area (Å²) in [5.74, 6) is 0.887. The van der Waals surface area contributed by atoms with E-state index in [2.05, 4.69) is 20.2 Å². The molecule has 2 aromatic carbocycles. The molecule has 5 rings (SSSR count). The molecule has 0 fully saturated rings. The number of fused-ring (bicyclic) bond motifs is 1. The lowest BCUT2D eigenvalue weighted by Crippen LogP contribution is -1.86. The summed E-state index contributed by atoms with van der Waals surface area (Å²) in [6.07, 6.45) is 1.51. The number of halogens is 1. The van der Waals surface area contributed by atoms with Gasteiger partial charge in [0.25, 0.3) is 5.22 Å². The summed E-state index contributed by atoms with van der Waals surface area (Å²) < 4.78 is 24.3. The Kier molecular flexibility index (Phi) is 4.89. The number of aromatic nitrogens is 4. The SMILES string of the molecule is COc1ccc(-c2nnc(Sc3ncnc4scc(-c5ccc(F)cc5)c34)o2)cc1. The summed E-state index contributed by atoms with van der Waals surface area (Å²) in [4.78, 5) is 9.62. The first kappa shape index (κ1) is 18.7. The van der Waals surface area contributed by atoms with Gasteiger partial charge in [-0.25, -0.2) is 14.4 Å². The molecule has 3 aromatic heterocycles. The van der Waals surface area contributed by atoms with Gasteiger partial charge >= 0.3 is 0 Å². The van der Waals surface area contributed by atoms with Crippen molar-refractivity contribution in [3.8, 4) is 28.3 Å². The fourth-order valence-electron chi connectivity index (χ4n) is 2.95. The maximum Gasteiger partial charge on any atom is 0.283 e. The molecule has 0 radical (unpaired) electrons. The maximum absolute atomic E-state index is 13.3. The van der Waals surface area contributed by atoms with Gasteiger partial charge in [-0.15, -0.1) is 21.5 Å². The van der Waals surface area contributed by atoms with Crippen LogP contribution in [0.1, 0.15) is 0 Å². The highest BCUT2D eigenvalue weighted by molar-refractivity contribution is 7.99. The van der Waals surface area contributed by atoms with Crippen molar-refractivity contribution < 1.29 is 13.5 Å². The number of ether oxygens (including phenoxy) is 1. The molecular weight excluding hydrogens is 423 g/mol. The Morgan fingerprint density at radius 3 is 2.50 bits per heavy atom. The van der Waals surface area contributed by atoms with Gasteiger partial charge in [0.05, 0.1) is 12.5 Å². The van der Waals surface area contributed by atoms with Crippen LogP contribution in [0.15, 0.2) is 74.9 Å². The third kappa shape index (κ3) is 3.53. The number of thiophene rings is 1.